The Bertz CT molecular complexity index is 697. The van der Waals surface area contributed by atoms with Crippen LogP contribution in [0.1, 0.15) is 38.4 Å². The highest BCUT2D eigenvalue weighted by Gasteiger charge is 2.30. The van der Waals surface area contributed by atoms with Crippen molar-refractivity contribution in [2.24, 2.45) is 0 Å². The number of hydrogen-bond donors (Lipinski definition) is 1. The second kappa shape index (κ2) is 8.18. The minimum atomic E-state index is -4.38. The van der Waals surface area contributed by atoms with E-state index in [0.717, 1.165) is 49.6 Å². The molecule has 0 unspecified atom stereocenters. The van der Waals surface area contributed by atoms with E-state index in [9.17, 15) is 13.2 Å². The molecule has 1 aromatic carbocycles. The molecule has 0 saturated carbocycles. The zero-order valence-corrected chi connectivity index (χ0v) is 14.7. The first-order valence-corrected chi connectivity index (χ1v) is 8.44. The molecule has 1 heterocycles. The molecular weight excluding hydrogens is 329 g/mol. The topological polar surface area (TPSA) is 41.1 Å². The van der Waals surface area contributed by atoms with Gasteiger partial charge in [0.25, 0.3) is 0 Å². The summed E-state index contributed by atoms with van der Waals surface area (Å²) in [6.45, 7) is 7.71. The van der Waals surface area contributed by atoms with Crippen molar-refractivity contribution in [3.63, 3.8) is 0 Å². The van der Waals surface area contributed by atoms with Crippen molar-refractivity contribution in [2.45, 2.75) is 39.8 Å². The van der Waals surface area contributed by atoms with Crippen LogP contribution in [0.3, 0.4) is 0 Å². The van der Waals surface area contributed by atoms with Crippen LogP contribution in [0.15, 0.2) is 30.3 Å². The van der Waals surface area contributed by atoms with E-state index in [4.69, 9.17) is 0 Å². The van der Waals surface area contributed by atoms with Crippen molar-refractivity contribution in [1.82, 2.24) is 9.97 Å². The van der Waals surface area contributed by atoms with Gasteiger partial charge in [0.15, 0.2) is 0 Å². The molecule has 0 aliphatic carbocycles. The van der Waals surface area contributed by atoms with E-state index in [-0.39, 0.29) is 0 Å². The first-order chi connectivity index (χ1) is 11.9. The number of aromatic nitrogens is 2. The van der Waals surface area contributed by atoms with Crippen molar-refractivity contribution in [2.75, 3.05) is 23.3 Å². The molecular formula is C18H23F3N4. The van der Waals surface area contributed by atoms with Crippen molar-refractivity contribution in [3.05, 3.63) is 41.6 Å². The Morgan fingerprint density at radius 1 is 1.04 bits per heavy atom. The van der Waals surface area contributed by atoms with Gasteiger partial charge in [0.05, 0.1) is 5.56 Å². The third-order valence-corrected chi connectivity index (χ3v) is 3.81. The number of halogens is 3. The second-order valence-corrected chi connectivity index (χ2v) is 5.67. The van der Waals surface area contributed by atoms with Crippen LogP contribution in [0.4, 0.5) is 30.6 Å². The largest absolute Gasteiger partial charge is 0.416 e. The molecule has 2 aromatic rings. The van der Waals surface area contributed by atoms with Crippen LogP contribution in [0.5, 0.6) is 0 Å². The number of hydrogen-bond acceptors (Lipinski definition) is 4. The predicted molar refractivity (Wildman–Crippen MR) is 94.3 cm³/mol. The molecule has 0 aliphatic rings. The summed E-state index contributed by atoms with van der Waals surface area (Å²) in [6, 6.07) is 6.98. The summed E-state index contributed by atoms with van der Waals surface area (Å²) in [5.74, 6) is 1.09. The van der Waals surface area contributed by atoms with E-state index in [1.54, 1.807) is 6.07 Å². The Hall–Kier alpha value is -2.31. The first kappa shape index (κ1) is 19.0. The average Bonchev–Trinajstić information content (AvgIpc) is 2.56. The SMILES string of the molecule is CCCc1cc(N(CC)CC)nc(Nc2cccc(C(F)(F)F)c2)n1. The molecule has 0 fully saturated rings. The molecule has 0 radical (unpaired) electrons. The number of nitrogens with one attached hydrogen (secondary N) is 1. The monoisotopic (exact) mass is 352 g/mol. The molecule has 0 amide bonds. The molecule has 0 saturated heterocycles. The number of rotatable bonds is 7. The van der Waals surface area contributed by atoms with Gasteiger partial charge in [-0.2, -0.15) is 18.2 Å². The summed E-state index contributed by atoms with van der Waals surface area (Å²) in [6.07, 6.45) is -2.67. The van der Waals surface area contributed by atoms with Gasteiger partial charge in [0.2, 0.25) is 5.95 Å². The van der Waals surface area contributed by atoms with E-state index in [2.05, 4.69) is 27.1 Å². The Balaban J connectivity index is 2.35. The fourth-order valence-corrected chi connectivity index (χ4v) is 2.54. The van der Waals surface area contributed by atoms with Crippen molar-refractivity contribution in [1.29, 1.82) is 0 Å². The fourth-order valence-electron chi connectivity index (χ4n) is 2.54. The highest BCUT2D eigenvalue weighted by Crippen LogP contribution is 2.31. The maximum atomic E-state index is 12.9. The minimum absolute atomic E-state index is 0.312. The maximum Gasteiger partial charge on any atom is 0.416 e. The number of alkyl halides is 3. The molecule has 0 aliphatic heterocycles. The Labute approximate surface area is 146 Å². The van der Waals surface area contributed by atoms with Crippen LogP contribution in [0, 0.1) is 0 Å². The van der Waals surface area contributed by atoms with Crippen LogP contribution in [-0.2, 0) is 12.6 Å². The molecule has 25 heavy (non-hydrogen) atoms. The van der Waals surface area contributed by atoms with Gasteiger partial charge in [-0.05, 0) is 38.5 Å². The smallest absolute Gasteiger partial charge is 0.357 e. The summed E-state index contributed by atoms with van der Waals surface area (Å²) in [5.41, 5.74) is 0.481. The van der Waals surface area contributed by atoms with Gasteiger partial charge in [0, 0.05) is 30.5 Å². The van der Waals surface area contributed by atoms with Gasteiger partial charge in [-0.3, -0.25) is 0 Å². The zero-order chi connectivity index (χ0) is 18.4. The minimum Gasteiger partial charge on any atom is -0.357 e. The summed E-state index contributed by atoms with van der Waals surface area (Å²) in [5, 5.41) is 2.91. The third-order valence-electron chi connectivity index (χ3n) is 3.81. The quantitative estimate of drug-likeness (QED) is 0.758. The van der Waals surface area contributed by atoms with E-state index in [1.807, 2.05) is 19.9 Å². The standard InChI is InChI=1S/C18H23F3N4/c1-4-8-14-12-16(25(5-2)6-3)24-17(22-14)23-15-10-7-9-13(11-15)18(19,20)21/h7,9-12H,4-6,8H2,1-3H3,(H,22,23,24). The van der Waals surface area contributed by atoms with E-state index in [1.165, 1.54) is 6.07 Å². The number of benzene rings is 1. The highest BCUT2D eigenvalue weighted by atomic mass is 19.4. The van der Waals surface area contributed by atoms with E-state index in [0.29, 0.717) is 11.6 Å². The molecule has 136 valence electrons. The van der Waals surface area contributed by atoms with Crippen molar-refractivity contribution < 1.29 is 13.2 Å². The van der Waals surface area contributed by atoms with E-state index < -0.39 is 11.7 Å². The summed E-state index contributed by atoms with van der Waals surface area (Å²) < 4.78 is 38.6. The zero-order valence-electron chi connectivity index (χ0n) is 14.7. The summed E-state index contributed by atoms with van der Waals surface area (Å²) in [4.78, 5) is 11.0. The van der Waals surface area contributed by atoms with Crippen LogP contribution in [-0.4, -0.2) is 23.1 Å². The molecule has 0 bridgehead atoms. The summed E-state index contributed by atoms with van der Waals surface area (Å²) >= 11 is 0. The number of anilines is 3. The molecule has 1 aromatic heterocycles. The normalized spacial score (nSPS) is 11.4. The van der Waals surface area contributed by atoms with Crippen molar-refractivity contribution >= 4 is 17.5 Å². The van der Waals surface area contributed by atoms with Gasteiger partial charge in [-0.15, -0.1) is 0 Å². The second-order valence-electron chi connectivity index (χ2n) is 5.67. The van der Waals surface area contributed by atoms with Crippen LogP contribution >= 0.6 is 0 Å². The maximum absolute atomic E-state index is 12.9. The van der Waals surface area contributed by atoms with Gasteiger partial charge >= 0.3 is 6.18 Å². The Morgan fingerprint density at radius 2 is 1.76 bits per heavy atom. The predicted octanol–water partition coefficient (Wildman–Crippen LogP) is 5.04. The Kier molecular flexibility index (Phi) is 6.22. The molecule has 1 N–H and O–H groups in total. The lowest BCUT2D eigenvalue weighted by molar-refractivity contribution is -0.137. The molecule has 4 nitrogen and oxygen atoms in total. The third kappa shape index (κ3) is 5.08. The summed E-state index contributed by atoms with van der Waals surface area (Å²) in [7, 11) is 0. The van der Waals surface area contributed by atoms with Crippen LogP contribution in [0.2, 0.25) is 0 Å². The van der Waals surface area contributed by atoms with Crippen LogP contribution < -0.4 is 10.2 Å². The first-order valence-electron chi connectivity index (χ1n) is 8.44. The molecule has 0 atom stereocenters. The fraction of sp³-hybridized carbons (Fsp3) is 0.444. The molecule has 2 rings (SSSR count). The molecule has 0 spiro atoms. The number of nitrogens with zero attached hydrogens (tertiary/aromatic N) is 3. The lowest BCUT2D eigenvalue weighted by Gasteiger charge is -2.21. The average molecular weight is 352 g/mol. The van der Waals surface area contributed by atoms with Gasteiger partial charge in [-0.1, -0.05) is 19.4 Å². The lowest BCUT2D eigenvalue weighted by Crippen LogP contribution is -2.23. The lowest BCUT2D eigenvalue weighted by atomic mass is 10.2. The van der Waals surface area contributed by atoms with Crippen molar-refractivity contribution in [3.8, 4) is 0 Å². The highest BCUT2D eigenvalue weighted by molar-refractivity contribution is 5.57. The van der Waals surface area contributed by atoms with Gasteiger partial charge < -0.3 is 10.2 Å². The van der Waals surface area contributed by atoms with Gasteiger partial charge in [-0.25, -0.2) is 4.98 Å². The van der Waals surface area contributed by atoms with Gasteiger partial charge in [0.1, 0.15) is 5.82 Å². The van der Waals surface area contributed by atoms with E-state index >= 15 is 0 Å². The molecule has 7 heteroatoms. The Morgan fingerprint density at radius 3 is 2.36 bits per heavy atom. The van der Waals surface area contributed by atoms with Crippen LogP contribution in [0.25, 0.3) is 0 Å². The number of aryl methyl sites for hydroxylation is 1.